The maximum absolute atomic E-state index is 13.2. The zero-order valence-electron chi connectivity index (χ0n) is 14.2. The third-order valence-electron chi connectivity index (χ3n) is 4.22. The van der Waals surface area contributed by atoms with Crippen molar-refractivity contribution in [2.75, 3.05) is 18.5 Å². The van der Waals surface area contributed by atoms with Crippen LogP contribution in [0.2, 0.25) is 0 Å². The average molecular weight is 408 g/mol. The van der Waals surface area contributed by atoms with E-state index in [1.165, 1.54) is 23.5 Å². The molecule has 0 aliphatic carbocycles. The van der Waals surface area contributed by atoms with Crippen LogP contribution in [-0.4, -0.2) is 32.7 Å². The third kappa shape index (κ3) is 3.76. The highest BCUT2D eigenvalue weighted by molar-refractivity contribution is 7.91. The van der Waals surface area contributed by atoms with E-state index in [9.17, 15) is 12.8 Å². The minimum absolute atomic E-state index is 0.00154. The molecule has 9 heteroatoms. The van der Waals surface area contributed by atoms with Crippen LogP contribution < -0.4 is 5.32 Å². The summed E-state index contributed by atoms with van der Waals surface area (Å²) in [6, 6.07) is 8.27. The molecule has 1 saturated heterocycles. The molecule has 1 N–H and O–H groups in total. The van der Waals surface area contributed by atoms with E-state index in [1.807, 2.05) is 11.4 Å². The molecule has 4 rings (SSSR count). The van der Waals surface area contributed by atoms with Gasteiger partial charge in [0, 0.05) is 13.2 Å². The number of thiophene rings is 1. The molecular formula is C18H17FN2O4S2. The number of sulfone groups is 1. The molecule has 6 nitrogen and oxygen atoms in total. The summed E-state index contributed by atoms with van der Waals surface area (Å²) in [5.41, 5.74) is 0. The number of rotatable bonds is 6. The number of ether oxygens (including phenoxy) is 1. The molecular weight excluding hydrogens is 391 g/mol. The fourth-order valence-corrected chi connectivity index (χ4v) is 4.77. The standard InChI is InChI=1S/C18H17FN2O4S2/c19-12-5-7-14(8-6-12)27(22,23)18-17(20-11-13-3-1-9-24-13)25-16(21-18)15-4-2-10-26-15/h2,4-8,10,13,20H,1,3,9,11H2. The number of anilines is 1. The number of benzene rings is 1. The van der Waals surface area contributed by atoms with Crippen molar-refractivity contribution in [3.8, 4) is 10.8 Å². The maximum atomic E-state index is 13.2. The van der Waals surface area contributed by atoms with Gasteiger partial charge in [0.1, 0.15) is 5.82 Å². The van der Waals surface area contributed by atoms with Crippen LogP contribution in [0.4, 0.5) is 10.3 Å². The van der Waals surface area contributed by atoms with E-state index in [2.05, 4.69) is 10.3 Å². The second-order valence-corrected chi connectivity index (χ2v) is 8.92. The number of halogens is 1. The van der Waals surface area contributed by atoms with Crippen molar-refractivity contribution in [1.29, 1.82) is 0 Å². The molecule has 0 bridgehead atoms. The lowest BCUT2D eigenvalue weighted by Crippen LogP contribution is -2.19. The summed E-state index contributed by atoms with van der Waals surface area (Å²) in [5, 5.41) is 4.66. The topological polar surface area (TPSA) is 81.4 Å². The molecule has 1 atom stereocenters. The number of hydrogen-bond donors (Lipinski definition) is 1. The summed E-state index contributed by atoms with van der Waals surface area (Å²) >= 11 is 1.40. The summed E-state index contributed by atoms with van der Waals surface area (Å²) in [5.74, 6) is -0.219. The first kappa shape index (κ1) is 18.1. The Labute approximate surface area is 159 Å². The molecule has 0 amide bonds. The van der Waals surface area contributed by atoms with Gasteiger partial charge in [0.2, 0.25) is 26.6 Å². The van der Waals surface area contributed by atoms with Gasteiger partial charge in [-0.2, -0.15) is 4.98 Å². The smallest absolute Gasteiger partial charge is 0.240 e. The molecule has 3 aromatic rings. The van der Waals surface area contributed by atoms with E-state index in [0.717, 1.165) is 29.9 Å². The van der Waals surface area contributed by atoms with Gasteiger partial charge in [-0.3, -0.25) is 0 Å². The number of nitrogens with zero attached hydrogens (tertiary/aromatic N) is 1. The SMILES string of the molecule is O=S(=O)(c1ccc(F)cc1)c1nc(-c2cccs2)oc1NCC1CCCO1. The first-order chi connectivity index (χ1) is 13.0. The van der Waals surface area contributed by atoms with Crippen molar-refractivity contribution < 1.29 is 22.0 Å². The Kier molecular flexibility index (Phi) is 4.98. The molecule has 0 spiro atoms. The highest BCUT2D eigenvalue weighted by atomic mass is 32.2. The van der Waals surface area contributed by atoms with Gasteiger partial charge in [0.05, 0.1) is 15.9 Å². The zero-order chi connectivity index (χ0) is 18.9. The van der Waals surface area contributed by atoms with Crippen molar-refractivity contribution in [1.82, 2.24) is 4.98 Å². The number of oxazole rings is 1. The van der Waals surface area contributed by atoms with E-state index in [0.29, 0.717) is 13.2 Å². The Morgan fingerprint density at radius 3 is 2.74 bits per heavy atom. The summed E-state index contributed by atoms with van der Waals surface area (Å²) in [4.78, 5) is 4.90. The Morgan fingerprint density at radius 2 is 2.07 bits per heavy atom. The largest absolute Gasteiger partial charge is 0.418 e. The second-order valence-electron chi connectivity index (χ2n) is 6.10. The van der Waals surface area contributed by atoms with Crippen molar-refractivity contribution in [2.45, 2.75) is 28.9 Å². The Bertz CT molecular complexity index is 1010. The monoisotopic (exact) mass is 408 g/mol. The summed E-state index contributed by atoms with van der Waals surface area (Å²) in [6.45, 7) is 1.12. The lowest BCUT2D eigenvalue weighted by molar-refractivity contribution is 0.120. The van der Waals surface area contributed by atoms with E-state index in [-0.39, 0.29) is 27.8 Å². The van der Waals surface area contributed by atoms with Crippen LogP contribution in [0.15, 0.2) is 56.1 Å². The van der Waals surface area contributed by atoms with E-state index >= 15 is 0 Å². The highest BCUT2D eigenvalue weighted by Gasteiger charge is 2.29. The average Bonchev–Trinajstić information content (AvgIpc) is 3.40. The number of nitrogens with one attached hydrogen (secondary N) is 1. The van der Waals surface area contributed by atoms with Gasteiger partial charge in [0.15, 0.2) is 0 Å². The number of hydrogen-bond acceptors (Lipinski definition) is 7. The van der Waals surface area contributed by atoms with E-state index < -0.39 is 15.7 Å². The number of aromatic nitrogens is 1. The minimum Gasteiger partial charge on any atom is -0.418 e. The Morgan fingerprint density at radius 1 is 1.26 bits per heavy atom. The molecule has 2 aromatic heterocycles. The predicted octanol–water partition coefficient (Wildman–Crippen LogP) is 3.97. The maximum Gasteiger partial charge on any atom is 0.240 e. The van der Waals surface area contributed by atoms with Crippen LogP contribution in [0.3, 0.4) is 0 Å². The highest BCUT2D eigenvalue weighted by Crippen LogP contribution is 2.34. The van der Waals surface area contributed by atoms with Crippen LogP contribution in [0, 0.1) is 5.82 Å². The molecule has 142 valence electrons. The Balaban J connectivity index is 1.71. The van der Waals surface area contributed by atoms with Crippen LogP contribution in [0.1, 0.15) is 12.8 Å². The van der Waals surface area contributed by atoms with Gasteiger partial charge in [-0.25, -0.2) is 12.8 Å². The van der Waals surface area contributed by atoms with Crippen LogP contribution in [0.5, 0.6) is 0 Å². The quantitative estimate of drug-likeness (QED) is 0.622. The molecule has 1 aromatic carbocycles. The van der Waals surface area contributed by atoms with Crippen LogP contribution >= 0.6 is 11.3 Å². The van der Waals surface area contributed by atoms with Crippen molar-refractivity contribution in [3.05, 3.63) is 47.6 Å². The molecule has 1 unspecified atom stereocenters. The molecule has 1 aliphatic heterocycles. The van der Waals surface area contributed by atoms with E-state index in [4.69, 9.17) is 9.15 Å². The fraction of sp³-hybridized carbons (Fsp3) is 0.278. The molecule has 0 radical (unpaired) electrons. The van der Waals surface area contributed by atoms with Crippen LogP contribution in [-0.2, 0) is 14.6 Å². The van der Waals surface area contributed by atoms with Crippen molar-refractivity contribution in [3.63, 3.8) is 0 Å². The van der Waals surface area contributed by atoms with Gasteiger partial charge in [-0.1, -0.05) is 6.07 Å². The summed E-state index contributed by atoms with van der Waals surface area (Å²) in [7, 11) is -3.97. The molecule has 1 aliphatic rings. The zero-order valence-corrected chi connectivity index (χ0v) is 15.9. The van der Waals surface area contributed by atoms with E-state index in [1.54, 1.807) is 6.07 Å². The van der Waals surface area contributed by atoms with Gasteiger partial charge >= 0.3 is 0 Å². The Hall–Kier alpha value is -2.23. The molecule has 0 saturated carbocycles. The molecule has 1 fully saturated rings. The minimum atomic E-state index is -3.97. The van der Waals surface area contributed by atoms with Gasteiger partial charge in [-0.15, -0.1) is 11.3 Å². The first-order valence-corrected chi connectivity index (χ1v) is 10.8. The van der Waals surface area contributed by atoms with Crippen molar-refractivity contribution in [2.24, 2.45) is 0 Å². The third-order valence-corrected chi connectivity index (χ3v) is 6.76. The van der Waals surface area contributed by atoms with Crippen molar-refractivity contribution >= 4 is 27.1 Å². The predicted molar refractivity (Wildman–Crippen MR) is 99.1 cm³/mol. The van der Waals surface area contributed by atoms with Gasteiger partial charge in [0.25, 0.3) is 0 Å². The lowest BCUT2D eigenvalue weighted by atomic mass is 10.2. The fourth-order valence-electron chi connectivity index (χ4n) is 2.84. The molecule has 3 heterocycles. The second kappa shape index (κ2) is 7.41. The summed E-state index contributed by atoms with van der Waals surface area (Å²) in [6.07, 6.45) is 1.88. The van der Waals surface area contributed by atoms with Gasteiger partial charge in [-0.05, 0) is 48.6 Å². The normalized spacial score (nSPS) is 17.3. The summed E-state index contributed by atoms with van der Waals surface area (Å²) < 4.78 is 50.5. The van der Waals surface area contributed by atoms with Crippen LogP contribution in [0.25, 0.3) is 10.8 Å². The molecule has 27 heavy (non-hydrogen) atoms. The first-order valence-electron chi connectivity index (χ1n) is 8.45. The van der Waals surface area contributed by atoms with Gasteiger partial charge < -0.3 is 14.5 Å². The lowest BCUT2D eigenvalue weighted by Gasteiger charge is -2.10.